The molecule has 3 aromatic rings. The Hall–Kier alpha value is -1.75. The first-order valence-corrected chi connectivity index (χ1v) is 5.92. The second-order valence-electron chi connectivity index (χ2n) is 3.91. The molecule has 1 aromatic carbocycles. The average Bonchev–Trinajstić information content (AvgIpc) is 2.84. The van der Waals surface area contributed by atoms with Gasteiger partial charge in [0.05, 0.1) is 5.69 Å². The molecule has 2 heterocycles. The first-order valence-electron chi connectivity index (χ1n) is 5.13. The molecule has 5 heteroatoms. The molecule has 2 N–H and O–H groups in total. The predicted molar refractivity (Wildman–Crippen MR) is 70.5 cm³/mol. The van der Waals surface area contributed by atoms with Crippen LogP contribution >= 0.6 is 15.9 Å². The molecule has 0 aliphatic carbocycles. The van der Waals surface area contributed by atoms with Crippen molar-refractivity contribution < 1.29 is 4.52 Å². The SMILES string of the molecule is Cn1c(-c2cc(N)on2)cc2ccc(Br)cc21. The Morgan fingerprint density at radius 1 is 1.29 bits per heavy atom. The fourth-order valence-corrected chi connectivity index (χ4v) is 2.31. The number of aromatic nitrogens is 2. The summed E-state index contributed by atoms with van der Waals surface area (Å²) >= 11 is 3.47. The van der Waals surface area contributed by atoms with E-state index < -0.39 is 0 Å². The monoisotopic (exact) mass is 291 g/mol. The van der Waals surface area contributed by atoms with Gasteiger partial charge in [0.15, 0.2) is 0 Å². The van der Waals surface area contributed by atoms with E-state index in [0.29, 0.717) is 5.88 Å². The van der Waals surface area contributed by atoms with Crippen molar-refractivity contribution in [1.29, 1.82) is 0 Å². The minimum atomic E-state index is 0.325. The number of halogens is 1. The van der Waals surface area contributed by atoms with Crippen LogP contribution in [0.3, 0.4) is 0 Å². The maximum atomic E-state index is 5.54. The summed E-state index contributed by atoms with van der Waals surface area (Å²) < 4.78 is 8.02. The van der Waals surface area contributed by atoms with Crippen molar-refractivity contribution in [2.24, 2.45) is 7.05 Å². The number of hydrogen-bond donors (Lipinski definition) is 1. The van der Waals surface area contributed by atoms with E-state index in [1.54, 1.807) is 6.07 Å². The zero-order valence-electron chi connectivity index (χ0n) is 9.14. The Kier molecular flexibility index (Phi) is 2.22. The normalized spacial score (nSPS) is 11.2. The summed E-state index contributed by atoms with van der Waals surface area (Å²) in [6.45, 7) is 0. The fraction of sp³-hybridized carbons (Fsp3) is 0.0833. The molecule has 17 heavy (non-hydrogen) atoms. The summed E-state index contributed by atoms with van der Waals surface area (Å²) in [5.74, 6) is 0.325. The van der Waals surface area contributed by atoms with Gasteiger partial charge in [0, 0.05) is 28.5 Å². The first-order chi connectivity index (χ1) is 8.15. The number of rotatable bonds is 1. The lowest BCUT2D eigenvalue weighted by atomic mass is 10.2. The number of nitrogens with zero attached hydrogens (tertiary/aromatic N) is 2. The maximum Gasteiger partial charge on any atom is 0.222 e. The lowest BCUT2D eigenvalue weighted by molar-refractivity contribution is 0.439. The van der Waals surface area contributed by atoms with Gasteiger partial charge in [-0.05, 0) is 18.2 Å². The van der Waals surface area contributed by atoms with Crippen LogP contribution in [-0.2, 0) is 7.05 Å². The molecule has 0 spiro atoms. The van der Waals surface area contributed by atoms with Crippen LogP contribution in [0.25, 0.3) is 22.3 Å². The standard InChI is InChI=1S/C12H10BrN3O/c1-16-10-5-8(13)3-2-7(10)4-11(16)9-6-12(14)17-15-9/h2-6H,14H2,1H3. The van der Waals surface area contributed by atoms with Crippen LogP contribution in [0.4, 0.5) is 5.88 Å². The number of nitrogen functional groups attached to an aromatic ring is 1. The number of anilines is 1. The van der Waals surface area contributed by atoms with E-state index in [2.05, 4.69) is 43.9 Å². The summed E-state index contributed by atoms with van der Waals surface area (Å²) in [7, 11) is 2.00. The molecule has 0 saturated carbocycles. The molecular weight excluding hydrogens is 282 g/mol. The Labute approximate surface area is 106 Å². The Morgan fingerprint density at radius 2 is 2.12 bits per heavy atom. The number of aryl methyl sites for hydroxylation is 1. The van der Waals surface area contributed by atoms with E-state index in [9.17, 15) is 0 Å². The molecule has 86 valence electrons. The fourth-order valence-electron chi connectivity index (χ4n) is 1.96. The van der Waals surface area contributed by atoms with Crippen LogP contribution in [0.1, 0.15) is 0 Å². The van der Waals surface area contributed by atoms with Crippen molar-refractivity contribution in [1.82, 2.24) is 9.72 Å². The van der Waals surface area contributed by atoms with Crippen molar-refractivity contribution >= 4 is 32.7 Å². The van der Waals surface area contributed by atoms with Gasteiger partial charge in [-0.15, -0.1) is 0 Å². The molecule has 0 aliphatic heterocycles. The highest BCUT2D eigenvalue weighted by Gasteiger charge is 2.11. The molecule has 0 amide bonds. The van der Waals surface area contributed by atoms with Gasteiger partial charge in [-0.25, -0.2) is 0 Å². The van der Waals surface area contributed by atoms with Crippen LogP contribution < -0.4 is 5.73 Å². The molecular formula is C12H10BrN3O. The zero-order valence-corrected chi connectivity index (χ0v) is 10.7. The van der Waals surface area contributed by atoms with E-state index in [0.717, 1.165) is 26.8 Å². The highest BCUT2D eigenvalue weighted by molar-refractivity contribution is 9.10. The zero-order chi connectivity index (χ0) is 12.0. The van der Waals surface area contributed by atoms with Crippen LogP contribution in [0.15, 0.2) is 39.3 Å². The molecule has 0 atom stereocenters. The largest absolute Gasteiger partial charge is 0.368 e. The van der Waals surface area contributed by atoms with Crippen molar-refractivity contribution in [3.05, 3.63) is 34.8 Å². The summed E-state index contributed by atoms with van der Waals surface area (Å²) in [6, 6.07) is 9.94. The third-order valence-corrected chi connectivity index (χ3v) is 3.29. The van der Waals surface area contributed by atoms with Gasteiger partial charge in [0.2, 0.25) is 5.88 Å². The lowest BCUT2D eigenvalue weighted by Crippen LogP contribution is -1.90. The van der Waals surface area contributed by atoms with Crippen molar-refractivity contribution in [2.45, 2.75) is 0 Å². The van der Waals surface area contributed by atoms with E-state index in [4.69, 9.17) is 10.3 Å². The summed E-state index contributed by atoms with van der Waals surface area (Å²) in [6.07, 6.45) is 0. The first kappa shape index (κ1) is 10.4. The second kappa shape index (κ2) is 3.63. The maximum absolute atomic E-state index is 5.54. The Balaban J connectivity index is 2.27. The molecule has 0 radical (unpaired) electrons. The number of nitrogens with two attached hydrogens (primary N) is 1. The van der Waals surface area contributed by atoms with Gasteiger partial charge < -0.3 is 14.8 Å². The Bertz CT molecular complexity index is 699. The number of fused-ring (bicyclic) bond motifs is 1. The van der Waals surface area contributed by atoms with Crippen molar-refractivity contribution in [2.75, 3.05) is 5.73 Å². The third kappa shape index (κ3) is 1.63. The molecule has 3 rings (SSSR count). The molecule has 0 aliphatic rings. The number of hydrogen-bond acceptors (Lipinski definition) is 3. The lowest BCUT2D eigenvalue weighted by Gasteiger charge is -2.00. The van der Waals surface area contributed by atoms with Gasteiger partial charge in [0.1, 0.15) is 5.69 Å². The minimum absolute atomic E-state index is 0.325. The molecule has 0 bridgehead atoms. The highest BCUT2D eigenvalue weighted by atomic mass is 79.9. The van der Waals surface area contributed by atoms with Crippen molar-refractivity contribution in [3.63, 3.8) is 0 Å². The average molecular weight is 292 g/mol. The second-order valence-corrected chi connectivity index (χ2v) is 4.82. The van der Waals surface area contributed by atoms with E-state index in [1.165, 1.54) is 0 Å². The number of benzene rings is 1. The molecule has 0 fully saturated rings. The quantitative estimate of drug-likeness (QED) is 0.749. The molecule has 2 aromatic heterocycles. The topological polar surface area (TPSA) is 57.0 Å². The molecule has 4 nitrogen and oxygen atoms in total. The van der Waals surface area contributed by atoms with Gasteiger partial charge in [-0.3, -0.25) is 0 Å². The van der Waals surface area contributed by atoms with Crippen LogP contribution in [0.5, 0.6) is 0 Å². The third-order valence-electron chi connectivity index (χ3n) is 2.80. The van der Waals surface area contributed by atoms with E-state index in [-0.39, 0.29) is 0 Å². The van der Waals surface area contributed by atoms with E-state index >= 15 is 0 Å². The highest BCUT2D eigenvalue weighted by Crippen LogP contribution is 2.29. The van der Waals surface area contributed by atoms with Crippen LogP contribution in [0.2, 0.25) is 0 Å². The minimum Gasteiger partial charge on any atom is -0.368 e. The van der Waals surface area contributed by atoms with Crippen molar-refractivity contribution in [3.8, 4) is 11.4 Å². The van der Waals surface area contributed by atoms with E-state index in [1.807, 2.05) is 13.1 Å². The summed E-state index contributed by atoms with van der Waals surface area (Å²) in [5, 5.41) is 5.09. The van der Waals surface area contributed by atoms with Gasteiger partial charge >= 0.3 is 0 Å². The van der Waals surface area contributed by atoms with Gasteiger partial charge in [-0.1, -0.05) is 27.2 Å². The van der Waals surface area contributed by atoms with Gasteiger partial charge in [-0.2, -0.15) is 0 Å². The smallest absolute Gasteiger partial charge is 0.222 e. The summed E-state index contributed by atoms with van der Waals surface area (Å²) in [5.41, 5.74) is 8.41. The van der Waals surface area contributed by atoms with Gasteiger partial charge in [0.25, 0.3) is 0 Å². The molecule has 0 saturated heterocycles. The molecule has 0 unspecified atom stereocenters. The Morgan fingerprint density at radius 3 is 2.82 bits per heavy atom. The summed E-state index contributed by atoms with van der Waals surface area (Å²) in [4.78, 5) is 0. The predicted octanol–water partition coefficient (Wildman–Crippen LogP) is 3.18. The van der Waals surface area contributed by atoms with Crippen LogP contribution in [-0.4, -0.2) is 9.72 Å². The van der Waals surface area contributed by atoms with Crippen LogP contribution in [0, 0.1) is 0 Å².